The number of anilines is 1. The lowest BCUT2D eigenvalue weighted by molar-refractivity contribution is -0.136. The smallest absolute Gasteiger partial charge is 0.161 e. The topological polar surface area (TPSA) is 49.4 Å². The van der Waals surface area contributed by atoms with Gasteiger partial charge in [-0.15, -0.1) is 0 Å². The second-order valence-corrected chi connectivity index (χ2v) is 13.9. The van der Waals surface area contributed by atoms with Gasteiger partial charge in [0.2, 0.25) is 0 Å². The molecule has 2 fully saturated rings. The third-order valence-electron chi connectivity index (χ3n) is 9.97. The molecule has 3 aromatic rings. The summed E-state index contributed by atoms with van der Waals surface area (Å²) in [6.45, 7) is 8.24. The average Bonchev–Trinajstić information content (AvgIpc) is 3.44. The number of methoxy groups -OCH3 is 3. The Hall–Kier alpha value is -3.13. The van der Waals surface area contributed by atoms with Crippen LogP contribution in [0.5, 0.6) is 11.5 Å². The van der Waals surface area contributed by atoms with Crippen molar-refractivity contribution in [1.82, 2.24) is 0 Å². The largest absolute Gasteiger partial charge is 0.496 e. The first kappa shape index (κ1) is 31.8. The van der Waals surface area contributed by atoms with Gasteiger partial charge in [-0.2, -0.15) is 0 Å². The molecule has 242 valence electrons. The van der Waals surface area contributed by atoms with Gasteiger partial charge in [0.15, 0.2) is 6.29 Å². The highest BCUT2D eigenvalue weighted by molar-refractivity contribution is 5.59. The maximum absolute atomic E-state index is 16.3. The molecule has 0 unspecified atom stereocenters. The molecule has 2 heterocycles. The molecule has 0 radical (unpaired) electrons. The van der Waals surface area contributed by atoms with Crippen LogP contribution in [-0.4, -0.2) is 58.5 Å². The third kappa shape index (κ3) is 6.58. The lowest BCUT2D eigenvalue weighted by Gasteiger charge is -2.40. The second kappa shape index (κ2) is 12.9. The number of ether oxygens (including phenoxy) is 5. The van der Waals surface area contributed by atoms with Gasteiger partial charge in [-0.05, 0) is 93.7 Å². The van der Waals surface area contributed by atoms with Crippen molar-refractivity contribution in [2.24, 2.45) is 5.92 Å². The number of hydrogen-bond donors (Lipinski definition) is 0. The van der Waals surface area contributed by atoms with Crippen molar-refractivity contribution in [1.29, 1.82) is 0 Å². The third-order valence-corrected chi connectivity index (χ3v) is 9.97. The zero-order valence-electron chi connectivity index (χ0n) is 27.6. The molecular weight excluding hydrogens is 569 g/mol. The van der Waals surface area contributed by atoms with Crippen LogP contribution in [0, 0.1) is 11.7 Å². The summed E-state index contributed by atoms with van der Waals surface area (Å²) in [5, 5.41) is 0. The van der Waals surface area contributed by atoms with Gasteiger partial charge in [-0.3, -0.25) is 0 Å². The number of aryl methyl sites for hydroxylation is 1. The maximum Gasteiger partial charge on any atom is 0.161 e. The molecule has 6 nitrogen and oxygen atoms in total. The van der Waals surface area contributed by atoms with Gasteiger partial charge in [-0.25, -0.2) is 4.39 Å². The molecule has 3 atom stereocenters. The zero-order valence-corrected chi connectivity index (χ0v) is 27.6. The average molecular weight is 618 g/mol. The molecular formula is C38H48FNO5. The minimum atomic E-state index is -0.285. The number of hydrogen-bond acceptors (Lipinski definition) is 6. The van der Waals surface area contributed by atoms with Crippen molar-refractivity contribution in [2.45, 2.75) is 82.2 Å². The van der Waals surface area contributed by atoms with Gasteiger partial charge in [-0.1, -0.05) is 36.4 Å². The van der Waals surface area contributed by atoms with Crippen LogP contribution >= 0.6 is 0 Å². The van der Waals surface area contributed by atoms with Crippen LogP contribution in [0.2, 0.25) is 0 Å². The Bertz CT molecular complexity index is 1460. The quantitative estimate of drug-likeness (QED) is 0.240. The van der Waals surface area contributed by atoms with Gasteiger partial charge in [0.05, 0.1) is 25.0 Å². The molecule has 7 heteroatoms. The van der Waals surface area contributed by atoms with Gasteiger partial charge in [0.1, 0.15) is 22.9 Å². The van der Waals surface area contributed by atoms with Crippen LogP contribution in [-0.2, 0) is 20.6 Å². The Balaban J connectivity index is 1.30. The number of rotatable bonds is 8. The normalized spacial score (nSPS) is 22.9. The molecule has 1 spiro atoms. The summed E-state index contributed by atoms with van der Waals surface area (Å²) in [6.07, 6.45) is 4.18. The van der Waals surface area contributed by atoms with Gasteiger partial charge >= 0.3 is 0 Å². The van der Waals surface area contributed by atoms with E-state index in [9.17, 15) is 0 Å². The van der Waals surface area contributed by atoms with E-state index in [4.69, 9.17) is 23.7 Å². The Morgan fingerprint density at radius 1 is 0.933 bits per heavy atom. The van der Waals surface area contributed by atoms with E-state index in [0.717, 1.165) is 49.2 Å². The fourth-order valence-corrected chi connectivity index (χ4v) is 7.92. The highest BCUT2D eigenvalue weighted by atomic mass is 19.1. The summed E-state index contributed by atoms with van der Waals surface area (Å²) in [6, 6.07) is 20.7. The first-order valence-corrected chi connectivity index (χ1v) is 16.3. The highest BCUT2D eigenvalue weighted by Crippen LogP contribution is 2.51. The fourth-order valence-electron chi connectivity index (χ4n) is 7.92. The molecule has 2 saturated heterocycles. The van der Waals surface area contributed by atoms with Crippen molar-refractivity contribution >= 4 is 5.69 Å². The number of piperidine rings is 1. The summed E-state index contributed by atoms with van der Waals surface area (Å²) >= 11 is 0. The number of halogens is 1. The molecule has 0 N–H and O–H groups in total. The minimum Gasteiger partial charge on any atom is -0.496 e. The predicted molar refractivity (Wildman–Crippen MR) is 175 cm³/mol. The Morgan fingerprint density at radius 2 is 1.67 bits per heavy atom. The Kier molecular flexibility index (Phi) is 9.15. The molecule has 0 amide bonds. The van der Waals surface area contributed by atoms with Gasteiger partial charge in [0.25, 0.3) is 0 Å². The summed E-state index contributed by atoms with van der Waals surface area (Å²) in [5.41, 5.74) is 4.71. The molecule has 0 aromatic heterocycles. The second-order valence-electron chi connectivity index (χ2n) is 13.9. The molecule has 45 heavy (non-hydrogen) atoms. The first-order chi connectivity index (χ1) is 21.6. The van der Waals surface area contributed by atoms with E-state index in [1.807, 2.05) is 12.1 Å². The summed E-state index contributed by atoms with van der Waals surface area (Å²) in [7, 11) is 5.05. The van der Waals surface area contributed by atoms with Crippen LogP contribution in [0.25, 0.3) is 0 Å². The van der Waals surface area contributed by atoms with E-state index < -0.39 is 0 Å². The van der Waals surface area contributed by atoms with Gasteiger partial charge in [0, 0.05) is 50.8 Å². The molecule has 3 aromatic carbocycles. The van der Waals surface area contributed by atoms with Crippen molar-refractivity contribution < 1.29 is 28.1 Å². The van der Waals surface area contributed by atoms with E-state index in [2.05, 4.69) is 68.1 Å². The standard InChI is InChI=1S/C38H48FNO5/c1-37(2,3)45-28-13-15-30-26(20-28)12-14-29(25-10-8-7-9-11-25)35(30)31-21-32(39)33(22-34(31)41-4)40-18-16-38(17-19-40)23-27(24-44-38)36(42-5)43-6/h7-11,13,15,20-22,27,29,35-36H,12,14,16-19,23-24H2,1-6H3/t27-,29-,35+/m1/s1. The van der Waals surface area contributed by atoms with E-state index >= 15 is 4.39 Å². The summed E-state index contributed by atoms with van der Waals surface area (Å²) in [4.78, 5) is 2.15. The first-order valence-electron chi connectivity index (χ1n) is 16.3. The number of benzene rings is 3. The van der Waals surface area contributed by atoms with Crippen LogP contribution in [0.4, 0.5) is 10.1 Å². The molecule has 3 aliphatic rings. The molecule has 0 bridgehead atoms. The minimum absolute atomic E-state index is 0.0544. The van der Waals surface area contributed by atoms with E-state index in [1.54, 1.807) is 27.4 Å². The van der Waals surface area contributed by atoms with E-state index in [1.165, 1.54) is 16.7 Å². The van der Waals surface area contributed by atoms with Crippen LogP contribution < -0.4 is 14.4 Å². The van der Waals surface area contributed by atoms with Crippen LogP contribution in [0.15, 0.2) is 60.7 Å². The molecule has 1 aliphatic carbocycles. The lowest BCUT2D eigenvalue weighted by atomic mass is 9.69. The Morgan fingerprint density at radius 3 is 2.33 bits per heavy atom. The van der Waals surface area contributed by atoms with Crippen molar-refractivity contribution in [3.63, 3.8) is 0 Å². The summed E-state index contributed by atoms with van der Waals surface area (Å²) < 4.78 is 46.0. The number of nitrogens with zero attached hydrogens (tertiary/aromatic N) is 1. The SMILES string of the molecule is COc1cc(N2CCC3(CC2)C[C@@H](C(OC)OC)CO3)c(F)cc1[C@@H]1c2ccc(OC(C)(C)C)cc2CC[C@@H]1c1ccccc1. The van der Waals surface area contributed by atoms with Crippen LogP contribution in [0.1, 0.15) is 80.5 Å². The van der Waals surface area contributed by atoms with Crippen LogP contribution in [0.3, 0.4) is 0 Å². The zero-order chi connectivity index (χ0) is 31.8. The van der Waals surface area contributed by atoms with Crippen molar-refractivity contribution in [2.75, 3.05) is 45.9 Å². The molecule has 2 aliphatic heterocycles. The van der Waals surface area contributed by atoms with E-state index in [0.29, 0.717) is 25.4 Å². The Labute approximate surface area is 267 Å². The van der Waals surface area contributed by atoms with Crippen molar-refractivity contribution in [3.05, 3.63) is 88.7 Å². The number of fused-ring (bicyclic) bond motifs is 1. The molecule has 0 saturated carbocycles. The lowest BCUT2D eigenvalue weighted by Crippen LogP contribution is -2.44. The van der Waals surface area contributed by atoms with Crippen molar-refractivity contribution in [3.8, 4) is 11.5 Å². The fraction of sp³-hybridized carbons (Fsp3) is 0.526. The highest BCUT2D eigenvalue weighted by Gasteiger charge is 2.46. The van der Waals surface area contributed by atoms with Gasteiger partial charge < -0.3 is 28.6 Å². The maximum atomic E-state index is 16.3. The van der Waals surface area contributed by atoms with E-state index in [-0.39, 0.29) is 41.1 Å². The monoisotopic (exact) mass is 617 g/mol. The predicted octanol–water partition coefficient (Wildman–Crippen LogP) is 7.87. The molecule has 6 rings (SSSR count). The summed E-state index contributed by atoms with van der Waals surface area (Å²) in [5.74, 6) is 1.72.